The number of carbonyl (C=O) groups is 1. The molecule has 0 saturated carbocycles. The van der Waals surface area contributed by atoms with Crippen molar-refractivity contribution in [3.05, 3.63) is 69.9 Å². The Morgan fingerprint density at radius 3 is 2.60 bits per heavy atom. The Hall–Kier alpha value is -1.39. The van der Waals surface area contributed by atoms with E-state index in [0.717, 1.165) is 5.56 Å². The second-order valence-corrected chi connectivity index (χ2v) is 5.59. The van der Waals surface area contributed by atoms with Crippen LogP contribution in [0.4, 0.5) is 4.39 Å². The first-order valence-corrected chi connectivity index (χ1v) is 7.23. The number of rotatable bonds is 4. The van der Waals surface area contributed by atoms with E-state index in [1.807, 2.05) is 30.3 Å². The van der Waals surface area contributed by atoms with Crippen molar-refractivity contribution in [1.29, 1.82) is 0 Å². The molecule has 0 heterocycles. The molecule has 0 saturated heterocycles. The first kappa shape index (κ1) is 15.0. The molecule has 2 nitrogen and oxygen atoms in total. The minimum absolute atomic E-state index is 0.293. The summed E-state index contributed by atoms with van der Waals surface area (Å²) < 4.78 is 13.4. The Morgan fingerprint density at radius 1 is 1.25 bits per heavy atom. The lowest BCUT2D eigenvalue weighted by Crippen LogP contribution is -2.27. The molecule has 5 heteroatoms. The summed E-state index contributed by atoms with van der Waals surface area (Å²) in [6.07, 6.45) is 0. The fourth-order valence-corrected chi connectivity index (χ4v) is 2.48. The maximum atomic E-state index is 13.0. The number of halogens is 3. The van der Waals surface area contributed by atoms with E-state index in [0.29, 0.717) is 16.6 Å². The van der Waals surface area contributed by atoms with Crippen LogP contribution in [0.1, 0.15) is 21.3 Å². The fraction of sp³-hybridized carbons (Fsp3) is 0.133. The third-order valence-electron chi connectivity index (χ3n) is 2.78. The normalized spacial score (nSPS) is 11.9. The summed E-state index contributed by atoms with van der Waals surface area (Å²) in [5, 5.41) is 2.43. The monoisotopic (exact) mass is 355 g/mol. The predicted molar refractivity (Wildman–Crippen MR) is 81.5 cm³/mol. The van der Waals surface area contributed by atoms with Gasteiger partial charge in [-0.3, -0.25) is 4.79 Å². The van der Waals surface area contributed by atoms with Crippen LogP contribution in [0.3, 0.4) is 0 Å². The molecule has 2 aromatic carbocycles. The Bertz CT molecular complexity index is 606. The van der Waals surface area contributed by atoms with Gasteiger partial charge in [-0.05, 0) is 39.7 Å². The summed E-state index contributed by atoms with van der Waals surface area (Å²) in [7, 11) is 0. The van der Waals surface area contributed by atoms with Gasteiger partial charge in [-0.1, -0.05) is 30.3 Å². The fourth-order valence-electron chi connectivity index (χ4n) is 1.73. The number of nitrogens with one attached hydrogen (secondary N) is 1. The van der Waals surface area contributed by atoms with E-state index >= 15 is 0 Å². The number of carbonyl (C=O) groups excluding carboxylic acids is 1. The molecule has 2 rings (SSSR count). The number of alkyl halides is 1. The zero-order chi connectivity index (χ0) is 14.5. The molecule has 0 fully saturated rings. The molecule has 0 radical (unpaired) electrons. The molecule has 2 aromatic rings. The average molecular weight is 357 g/mol. The Balaban J connectivity index is 1.99. The van der Waals surface area contributed by atoms with Gasteiger partial charge in [0.15, 0.2) is 0 Å². The maximum Gasteiger partial charge on any atom is 0.252 e. The van der Waals surface area contributed by atoms with Crippen molar-refractivity contribution in [2.75, 3.05) is 6.54 Å². The SMILES string of the molecule is O=C(NCC(Cl)c1ccccc1)c1ccc(F)cc1Br. The highest BCUT2D eigenvalue weighted by atomic mass is 79.9. The van der Waals surface area contributed by atoms with E-state index in [1.54, 1.807) is 0 Å². The molecule has 0 aliphatic rings. The number of benzene rings is 2. The molecule has 1 N–H and O–H groups in total. The lowest BCUT2D eigenvalue weighted by molar-refractivity contribution is 0.0953. The summed E-state index contributed by atoms with van der Waals surface area (Å²) in [4.78, 5) is 12.0. The van der Waals surface area contributed by atoms with E-state index in [9.17, 15) is 9.18 Å². The molecule has 1 amide bonds. The van der Waals surface area contributed by atoms with Crippen LogP contribution in [0.25, 0.3) is 0 Å². The average Bonchev–Trinajstić information content (AvgIpc) is 2.45. The standard InChI is InChI=1S/C15H12BrClFNO/c16-13-8-11(18)6-7-12(13)15(20)19-9-14(17)10-4-2-1-3-5-10/h1-8,14H,9H2,(H,19,20). The van der Waals surface area contributed by atoms with Gasteiger partial charge in [-0.15, -0.1) is 11.6 Å². The molecule has 104 valence electrons. The summed E-state index contributed by atoms with van der Waals surface area (Å²) in [6, 6.07) is 13.4. The minimum Gasteiger partial charge on any atom is -0.350 e. The van der Waals surface area contributed by atoms with E-state index in [1.165, 1.54) is 18.2 Å². The molecule has 1 atom stereocenters. The zero-order valence-corrected chi connectivity index (χ0v) is 12.8. The molecule has 0 aromatic heterocycles. The van der Waals surface area contributed by atoms with Crippen LogP contribution in [0.15, 0.2) is 53.0 Å². The molecule has 0 aliphatic heterocycles. The van der Waals surface area contributed by atoms with Crippen molar-refractivity contribution in [2.24, 2.45) is 0 Å². The molecule has 0 aliphatic carbocycles. The zero-order valence-electron chi connectivity index (χ0n) is 10.4. The topological polar surface area (TPSA) is 29.1 Å². The van der Waals surface area contributed by atoms with Gasteiger partial charge in [0.1, 0.15) is 5.82 Å². The van der Waals surface area contributed by atoms with Gasteiger partial charge < -0.3 is 5.32 Å². The van der Waals surface area contributed by atoms with E-state index in [4.69, 9.17) is 11.6 Å². The van der Waals surface area contributed by atoms with Gasteiger partial charge >= 0.3 is 0 Å². The predicted octanol–water partition coefficient (Wildman–Crippen LogP) is 4.30. The van der Waals surface area contributed by atoms with Crippen LogP contribution in [0.5, 0.6) is 0 Å². The summed E-state index contributed by atoms with van der Waals surface area (Å²) >= 11 is 9.38. The van der Waals surface area contributed by atoms with Gasteiger partial charge in [0.25, 0.3) is 5.91 Å². The van der Waals surface area contributed by atoms with Crippen LogP contribution in [0, 0.1) is 5.82 Å². The van der Waals surface area contributed by atoms with E-state index < -0.39 is 5.82 Å². The first-order chi connectivity index (χ1) is 9.58. The number of amides is 1. The smallest absolute Gasteiger partial charge is 0.252 e. The van der Waals surface area contributed by atoms with Crippen molar-refractivity contribution in [3.8, 4) is 0 Å². The largest absolute Gasteiger partial charge is 0.350 e. The van der Waals surface area contributed by atoms with Crippen molar-refractivity contribution in [2.45, 2.75) is 5.38 Å². The lowest BCUT2D eigenvalue weighted by Gasteiger charge is -2.12. The van der Waals surface area contributed by atoms with Gasteiger partial charge in [0, 0.05) is 11.0 Å². The van der Waals surface area contributed by atoms with Crippen LogP contribution < -0.4 is 5.32 Å². The second kappa shape index (κ2) is 6.86. The maximum absolute atomic E-state index is 13.0. The third-order valence-corrected chi connectivity index (χ3v) is 3.84. The molecule has 20 heavy (non-hydrogen) atoms. The summed E-state index contributed by atoms with van der Waals surface area (Å²) in [5.41, 5.74) is 1.32. The van der Waals surface area contributed by atoms with Gasteiger partial charge in [-0.2, -0.15) is 0 Å². The van der Waals surface area contributed by atoms with Crippen LogP contribution in [0.2, 0.25) is 0 Å². The van der Waals surface area contributed by atoms with Crippen LogP contribution in [-0.4, -0.2) is 12.5 Å². The third kappa shape index (κ3) is 3.81. The highest BCUT2D eigenvalue weighted by molar-refractivity contribution is 9.10. The number of hydrogen-bond donors (Lipinski definition) is 1. The van der Waals surface area contributed by atoms with Crippen molar-refractivity contribution in [3.63, 3.8) is 0 Å². The summed E-state index contributed by atoms with van der Waals surface area (Å²) in [6.45, 7) is 0.300. The molecule has 0 bridgehead atoms. The Morgan fingerprint density at radius 2 is 1.95 bits per heavy atom. The molecular weight excluding hydrogens is 345 g/mol. The van der Waals surface area contributed by atoms with Gasteiger partial charge in [0.05, 0.1) is 10.9 Å². The first-order valence-electron chi connectivity index (χ1n) is 6.00. The van der Waals surface area contributed by atoms with Gasteiger partial charge in [-0.25, -0.2) is 4.39 Å². The van der Waals surface area contributed by atoms with E-state index in [2.05, 4.69) is 21.2 Å². The molecule has 1 unspecified atom stereocenters. The Kier molecular flexibility index (Phi) is 5.15. The summed E-state index contributed by atoms with van der Waals surface area (Å²) in [5.74, 6) is -0.689. The number of hydrogen-bond acceptors (Lipinski definition) is 1. The minimum atomic E-state index is -0.395. The quantitative estimate of drug-likeness (QED) is 0.813. The van der Waals surface area contributed by atoms with Gasteiger partial charge in [0.2, 0.25) is 0 Å². The second-order valence-electron chi connectivity index (χ2n) is 4.21. The van der Waals surface area contributed by atoms with Crippen LogP contribution in [-0.2, 0) is 0 Å². The van der Waals surface area contributed by atoms with E-state index in [-0.39, 0.29) is 11.3 Å². The highest BCUT2D eigenvalue weighted by Crippen LogP contribution is 2.20. The van der Waals surface area contributed by atoms with Crippen molar-refractivity contribution < 1.29 is 9.18 Å². The van der Waals surface area contributed by atoms with Crippen molar-refractivity contribution >= 4 is 33.4 Å². The molecular formula is C15H12BrClFNO. The Labute approximate surface area is 130 Å². The van der Waals surface area contributed by atoms with Crippen molar-refractivity contribution in [1.82, 2.24) is 5.32 Å². The van der Waals surface area contributed by atoms with Crippen LogP contribution >= 0.6 is 27.5 Å². The molecule has 0 spiro atoms. The lowest BCUT2D eigenvalue weighted by atomic mass is 10.1. The highest BCUT2D eigenvalue weighted by Gasteiger charge is 2.13.